The van der Waals surface area contributed by atoms with Crippen LogP contribution in [0.3, 0.4) is 0 Å². The third-order valence-electron chi connectivity index (χ3n) is 2.44. The Hall–Kier alpha value is -2.15. The van der Waals surface area contributed by atoms with Crippen molar-refractivity contribution in [3.63, 3.8) is 0 Å². The monoisotopic (exact) mass is 323 g/mol. The van der Waals surface area contributed by atoms with Gasteiger partial charge in [0, 0.05) is 16.6 Å². The molecule has 0 aliphatic heterocycles. The van der Waals surface area contributed by atoms with E-state index >= 15 is 0 Å². The molecule has 0 bridgehead atoms. The molecule has 7 heteroatoms. The highest BCUT2D eigenvalue weighted by molar-refractivity contribution is 9.10. The van der Waals surface area contributed by atoms with E-state index in [4.69, 9.17) is 10.5 Å². The van der Waals surface area contributed by atoms with Crippen LogP contribution in [-0.2, 0) is 0 Å². The third-order valence-corrected chi connectivity index (χ3v) is 2.93. The van der Waals surface area contributed by atoms with Crippen molar-refractivity contribution in [3.8, 4) is 11.6 Å². The number of ether oxygens (including phenoxy) is 1. The topological polar surface area (TPSA) is 91.3 Å². The van der Waals surface area contributed by atoms with Crippen molar-refractivity contribution in [3.05, 3.63) is 50.5 Å². The zero-order valence-corrected chi connectivity index (χ0v) is 11.5. The highest BCUT2D eigenvalue weighted by atomic mass is 79.9. The van der Waals surface area contributed by atoms with E-state index in [0.29, 0.717) is 5.75 Å². The molecule has 1 aromatic carbocycles. The summed E-state index contributed by atoms with van der Waals surface area (Å²) in [5.41, 5.74) is 6.18. The van der Waals surface area contributed by atoms with Gasteiger partial charge < -0.3 is 10.5 Å². The van der Waals surface area contributed by atoms with Crippen LogP contribution in [0.5, 0.6) is 11.6 Å². The quantitative estimate of drug-likeness (QED) is 0.690. The molecule has 0 radical (unpaired) electrons. The zero-order chi connectivity index (χ0) is 14.0. The van der Waals surface area contributed by atoms with Crippen LogP contribution in [0.1, 0.15) is 5.56 Å². The van der Waals surface area contributed by atoms with Gasteiger partial charge in [0.2, 0.25) is 11.7 Å². The van der Waals surface area contributed by atoms with Crippen molar-refractivity contribution < 1.29 is 9.66 Å². The number of aryl methyl sites for hydroxylation is 1. The number of nitro groups is 1. The van der Waals surface area contributed by atoms with Crippen molar-refractivity contribution in [2.24, 2.45) is 0 Å². The van der Waals surface area contributed by atoms with E-state index in [9.17, 15) is 10.1 Å². The van der Waals surface area contributed by atoms with Crippen LogP contribution in [0.25, 0.3) is 0 Å². The summed E-state index contributed by atoms with van der Waals surface area (Å²) in [4.78, 5) is 13.9. The first kappa shape index (κ1) is 13.3. The molecule has 2 rings (SSSR count). The standard InChI is InChI=1S/C12H10BrN3O3/c1-7-2-3-8(13)6-10(7)19-11-5-4-9(16(17)18)12(14)15-11/h2-6H,1H3,(H2,14,15). The van der Waals surface area contributed by atoms with Gasteiger partial charge in [-0.25, -0.2) is 0 Å². The molecule has 19 heavy (non-hydrogen) atoms. The maximum atomic E-state index is 10.6. The van der Waals surface area contributed by atoms with Gasteiger partial charge in [0.05, 0.1) is 4.92 Å². The van der Waals surface area contributed by atoms with Gasteiger partial charge in [-0.1, -0.05) is 22.0 Å². The van der Waals surface area contributed by atoms with Crippen LogP contribution in [-0.4, -0.2) is 9.91 Å². The molecule has 2 N–H and O–H groups in total. The summed E-state index contributed by atoms with van der Waals surface area (Å²) < 4.78 is 6.43. The molecule has 0 fully saturated rings. The van der Waals surface area contributed by atoms with Gasteiger partial charge in [-0.3, -0.25) is 10.1 Å². The smallest absolute Gasteiger partial charge is 0.311 e. The van der Waals surface area contributed by atoms with Crippen LogP contribution in [0.4, 0.5) is 11.5 Å². The Morgan fingerprint density at radius 1 is 1.37 bits per heavy atom. The van der Waals surface area contributed by atoms with E-state index < -0.39 is 4.92 Å². The minimum atomic E-state index is -0.587. The molecule has 0 saturated heterocycles. The Morgan fingerprint density at radius 3 is 2.74 bits per heavy atom. The summed E-state index contributed by atoms with van der Waals surface area (Å²) >= 11 is 3.34. The molecular formula is C12H10BrN3O3. The summed E-state index contributed by atoms with van der Waals surface area (Å²) in [6.45, 7) is 1.89. The molecular weight excluding hydrogens is 314 g/mol. The lowest BCUT2D eigenvalue weighted by molar-refractivity contribution is -0.384. The van der Waals surface area contributed by atoms with E-state index in [0.717, 1.165) is 10.0 Å². The van der Waals surface area contributed by atoms with E-state index in [1.807, 2.05) is 19.1 Å². The highest BCUT2D eigenvalue weighted by Gasteiger charge is 2.14. The molecule has 0 amide bonds. The molecule has 1 aromatic heterocycles. The average Bonchev–Trinajstić information content (AvgIpc) is 2.33. The number of anilines is 1. The van der Waals surface area contributed by atoms with Crippen LogP contribution >= 0.6 is 15.9 Å². The van der Waals surface area contributed by atoms with Gasteiger partial charge in [0.1, 0.15) is 5.75 Å². The van der Waals surface area contributed by atoms with Gasteiger partial charge in [-0.15, -0.1) is 0 Å². The number of aromatic nitrogens is 1. The van der Waals surface area contributed by atoms with Gasteiger partial charge >= 0.3 is 5.69 Å². The normalized spacial score (nSPS) is 10.2. The largest absolute Gasteiger partial charge is 0.439 e. The lowest BCUT2D eigenvalue weighted by Crippen LogP contribution is -2.00. The Bertz CT molecular complexity index is 646. The van der Waals surface area contributed by atoms with Crippen LogP contribution in [0.2, 0.25) is 0 Å². The fraction of sp³-hybridized carbons (Fsp3) is 0.0833. The number of hydrogen-bond donors (Lipinski definition) is 1. The number of nitrogens with zero attached hydrogens (tertiary/aromatic N) is 2. The maximum absolute atomic E-state index is 10.6. The molecule has 98 valence electrons. The summed E-state index contributed by atoms with van der Waals surface area (Å²) in [5.74, 6) is 0.648. The molecule has 0 saturated carbocycles. The van der Waals surface area contributed by atoms with E-state index in [2.05, 4.69) is 20.9 Å². The average molecular weight is 324 g/mol. The fourth-order valence-electron chi connectivity index (χ4n) is 1.46. The number of nitrogens with two attached hydrogens (primary N) is 1. The van der Waals surface area contributed by atoms with Crippen molar-refractivity contribution in [2.45, 2.75) is 6.92 Å². The van der Waals surface area contributed by atoms with E-state index in [1.165, 1.54) is 12.1 Å². The number of benzene rings is 1. The summed E-state index contributed by atoms with van der Waals surface area (Å²) in [6, 6.07) is 8.24. The molecule has 2 aromatic rings. The second kappa shape index (κ2) is 5.23. The predicted octanol–water partition coefficient (Wildman–Crippen LogP) is 3.44. The lowest BCUT2D eigenvalue weighted by atomic mass is 10.2. The van der Waals surface area contributed by atoms with Gasteiger partial charge in [0.25, 0.3) is 0 Å². The van der Waals surface area contributed by atoms with Gasteiger partial charge in [-0.2, -0.15) is 4.98 Å². The van der Waals surface area contributed by atoms with E-state index in [-0.39, 0.29) is 17.4 Å². The summed E-state index contributed by atoms with van der Waals surface area (Å²) in [6.07, 6.45) is 0. The van der Waals surface area contributed by atoms with Gasteiger partial charge in [0.15, 0.2) is 0 Å². The Labute approximate surface area is 117 Å². The number of rotatable bonds is 3. The number of pyridine rings is 1. The van der Waals surface area contributed by atoms with Crippen LogP contribution in [0.15, 0.2) is 34.8 Å². The first-order valence-electron chi connectivity index (χ1n) is 5.32. The zero-order valence-electron chi connectivity index (χ0n) is 9.96. The number of hydrogen-bond acceptors (Lipinski definition) is 5. The summed E-state index contributed by atoms with van der Waals surface area (Å²) in [5, 5.41) is 10.6. The molecule has 0 spiro atoms. The minimum Gasteiger partial charge on any atom is -0.439 e. The van der Waals surface area contributed by atoms with E-state index in [1.54, 1.807) is 6.07 Å². The second-order valence-electron chi connectivity index (χ2n) is 3.82. The van der Waals surface area contributed by atoms with Crippen molar-refractivity contribution in [2.75, 3.05) is 5.73 Å². The molecule has 6 nitrogen and oxygen atoms in total. The van der Waals surface area contributed by atoms with Crippen molar-refractivity contribution >= 4 is 27.4 Å². The molecule has 0 aliphatic carbocycles. The highest BCUT2D eigenvalue weighted by Crippen LogP contribution is 2.29. The summed E-state index contributed by atoms with van der Waals surface area (Å²) in [7, 11) is 0. The first-order valence-corrected chi connectivity index (χ1v) is 6.11. The lowest BCUT2D eigenvalue weighted by Gasteiger charge is -2.08. The number of nitrogen functional groups attached to an aromatic ring is 1. The fourth-order valence-corrected chi connectivity index (χ4v) is 1.80. The van der Waals surface area contributed by atoms with Crippen molar-refractivity contribution in [1.82, 2.24) is 4.98 Å². The molecule has 0 unspecified atom stereocenters. The molecule has 0 aliphatic rings. The Morgan fingerprint density at radius 2 is 2.11 bits per heavy atom. The maximum Gasteiger partial charge on any atom is 0.311 e. The Balaban J connectivity index is 2.31. The van der Waals surface area contributed by atoms with Gasteiger partial charge in [-0.05, 0) is 24.6 Å². The van der Waals surface area contributed by atoms with Crippen LogP contribution in [0, 0.1) is 17.0 Å². The SMILES string of the molecule is Cc1ccc(Br)cc1Oc1ccc([N+](=O)[O-])c(N)n1. The second-order valence-corrected chi connectivity index (χ2v) is 4.74. The predicted molar refractivity (Wildman–Crippen MR) is 74.3 cm³/mol. The first-order chi connectivity index (χ1) is 8.97. The Kier molecular flexibility index (Phi) is 3.66. The molecule has 1 heterocycles. The number of halogens is 1. The van der Waals surface area contributed by atoms with Crippen molar-refractivity contribution in [1.29, 1.82) is 0 Å². The third kappa shape index (κ3) is 3.00. The minimum absolute atomic E-state index is 0.171. The van der Waals surface area contributed by atoms with Crippen LogP contribution < -0.4 is 10.5 Å². The molecule has 0 atom stereocenters.